The second kappa shape index (κ2) is 6.16. The van der Waals surface area contributed by atoms with Crippen molar-refractivity contribution in [2.24, 2.45) is 5.92 Å². The molecule has 1 saturated heterocycles. The highest BCUT2D eigenvalue weighted by Crippen LogP contribution is 2.36. The zero-order valence-corrected chi connectivity index (χ0v) is 13.9. The van der Waals surface area contributed by atoms with Gasteiger partial charge in [0, 0.05) is 18.9 Å². The van der Waals surface area contributed by atoms with Crippen molar-refractivity contribution in [3.63, 3.8) is 0 Å². The van der Waals surface area contributed by atoms with E-state index >= 15 is 0 Å². The van der Waals surface area contributed by atoms with Crippen molar-refractivity contribution < 1.29 is 9.21 Å². The van der Waals surface area contributed by atoms with Crippen molar-refractivity contribution in [3.8, 4) is 0 Å². The minimum absolute atomic E-state index is 0.0482. The summed E-state index contributed by atoms with van der Waals surface area (Å²) in [6.45, 7) is 2.75. The van der Waals surface area contributed by atoms with Crippen molar-refractivity contribution in [1.29, 1.82) is 0 Å². The first kappa shape index (κ1) is 15.6. The summed E-state index contributed by atoms with van der Waals surface area (Å²) < 4.78 is 5.32. The summed E-state index contributed by atoms with van der Waals surface area (Å²) in [5.41, 5.74) is 0.523. The van der Waals surface area contributed by atoms with Gasteiger partial charge < -0.3 is 9.32 Å². The molecule has 25 heavy (non-hydrogen) atoms. The van der Waals surface area contributed by atoms with Gasteiger partial charge in [-0.05, 0) is 41.5 Å². The second-order valence-corrected chi connectivity index (χ2v) is 6.59. The van der Waals surface area contributed by atoms with Gasteiger partial charge in [0.15, 0.2) is 5.76 Å². The number of carbonyl (C=O) groups excluding carboxylic acids is 1. The van der Waals surface area contributed by atoms with Gasteiger partial charge in [0.25, 0.3) is 5.91 Å². The molecule has 0 N–H and O–H groups in total. The molecule has 0 spiro atoms. The zero-order chi connectivity index (χ0) is 17.4. The molecule has 4 rings (SSSR count). The van der Waals surface area contributed by atoms with E-state index in [0.29, 0.717) is 23.2 Å². The molecule has 1 aliphatic rings. The Morgan fingerprint density at radius 2 is 2.08 bits per heavy atom. The smallest absolute Gasteiger partial charge is 0.344 e. The Bertz CT molecular complexity index is 981. The molecule has 0 bridgehead atoms. The van der Waals surface area contributed by atoms with Gasteiger partial charge in [-0.15, -0.1) is 0 Å². The van der Waals surface area contributed by atoms with Gasteiger partial charge in [-0.1, -0.05) is 31.2 Å². The lowest BCUT2D eigenvalue weighted by Crippen LogP contribution is -2.31. The topological polar surface area (TPSA) is 63.4 Å². The van der Waals surface area contributed by atoms with Crippen LogP contribution < -0.4 is 5.63 Å². The second-order valence-electron chi connectivity index (χ2n) is 6.59. The molecule has 3 aromatic rings. The number of benzene rings is 1. The highest BCUT2D eigenvalue weighted by atomic mass is 16.4. The molecule has 1 amide bonds. The van der Waals surface area contributed by atoms with Gasteiger partial charge in [-0.2, -0.15) is 0 Å². The van der Waals surface area contributed by atoms with E-state index in [1.165, 1.54) is 0 Å². The minimum atomic E-state index is -0.480. The van der Waals surface area contributed by atoms with Crippen LogP contribution in [0.5, 0.6) is 0 Å². The fourth-order valence-corrected chi connectivity index (χ4v) is 3.54. The molecule has 3 heterocycles. The highest BCUT2D eigenvalue weighted by Gasteiger charge is 2.35. The van der Waals surface area contributed by atoms with Crippen LogP contribution in [0, 0.1) is 5.92 Å². The van der Waals surface area contributed by atoms with Crippen molar-refractivity contribution in [1.82, 2.24) is 9.88 Å². The predicted octanol–water partition coefficient (Wildman–Crippen LogP) is 3.41. The number of rotatable bonds is 2. The zero-order valence-electron chi connectivity index (χ0n) is 13.9. The summed E-state index contributed by atoms with van der Waals surface area (Å²) in [4.78, 5) is 31.2. The van der Waals surface area contributed by atoms with Crippen LogP contribution in [-0.4, -0.2) is 22.3 Å². The first-order valence-corrected chi connectivity index (χ1v) is 8.37. The molecule has 1 aromatic carbocycles. The molecule has 0 saturated carbocycles. The van der Waals surface area contributed by atoms with E-state index < -0.39 is 5.63 Å². The maximum Gasteiger partial charge on any atom is 0.344 e. The molecule has 2 atom stereocenters. The van der Waals surface area contributed by atoms with Crippen LogP contribution in [0.2, 0.25) is 0 Å². The van der Waals surface area contributed by atoms with Gasteiger partial charge in [0.1, 0.15) is 0 Å². The summed E-state index contributed by atoms with van der Waals surface area (Å²) in [5, 5.41) is 1.20. The number of nitrogens with zero attached hydrogens (tertiary/aromatic N) is 2. The molecule has 1 fully saturated rings. The lowest BCUT2D eigenvalue weighted by Gasteiger charge is -2.24. The van der Waals surface area contributed by atoms with Crippen molar-refractivity contribution in [3.05, 3.63) is 76.6 Å². The van der Waals surface area contributed by atoms with E-state index in [1.54, 1.807) is 35.5 Å². The number of hydrogen-bond donors (Lipinski definition) is 0. The van der Waals surface area contributed by atoms with Gasteiger partial charge >= 0.3 is 5.63 Å². The predicted molar refractivity (Wildman–Crippen MR) is 94.3 cm³/mol. The molecule has 2 aromatic heterocycles. The monoisotopic (exact) mass is 334 g/mol. The van der Waals surface area contributed by atoms with Crippen LogP contribution in [0.15, 0.2) is 64.1 Å². The number of hydrogen-bond acceptors (Lipinski definition) is 4. The molecule has 0 unspecified atom stereocenters. The first-order valence-electron chi connectivity index (χ1n) is 8.37. The Hall–Kier alpha value is -2.95. The number of amides is 1. The third-order valence-electron chi connectivity index (χ3n) is 4.72. The summed E-state index contributed by atoms with van der Waals surface area (Å²) in [6, 6.07) is 12.6. The summed E-state index contributed by atoms with van der Waals surface area (Å²) in [5.74, 6) is 0.217. The summed E-state index contributed by atoms with van der Waals surface area (Å²) in [6.07, 6.45) is 4.38. The Balaban J connectivity index is 1.73. The summed E-state index contributed by atoms with van der Waals surface area (Å²) in [7, 11) is 0. The van der Waals surface area contributed by atoms with E-state index in [-0.39, 0.29) is 17.7 Å². The largest absolute Gasteiger partial charge is 0.417 e. The lowest BCUT2D eigenvalue weighted by atomic mass is 10.0. The standard InChI is InChI=1S/C20H18N2O3/c1-13-9-17(15-6-4-8-21-11-15)22(12-13)19(23)18-10-14-5-2-3-7-16(14)20(24)25-18/h2-8,10-11,13,17H,9,12H2,1H3/t13-,17+/m0/s1. The van der Waals surface area contributed by atoms with Crippen LogP contribution in [0.3, 0.4) is 0 Å². The van der Waals surface area contributed by atoms with Gasteiger partial charge in [0.2, 0.25) is 0 Å². The third-order valence-corrected chi connectivity index (χ3v) is 4.72. The van der Waals surface area contributed by atoms with Crippen molar-refractivity contribution >= 4 is 16.7 Å². The molecule has 5 nitrogen and oxygen atoms in total. The van der Waals surface area contributed by atoms with Crippen LogP contribution in [-0.2, 0) is 0 Å². The highest BCUT2D eigenvalue weighted by molar-refractivity contribution is 5.95. The van der Waals surface area contributed by atoms with Crippen molar-refractivity contribution in [2.75, 3.05) is 6.54 Å². The Morgan fingerprint density at radius 1 is 1.24 bits per heavy atom. The van der Waals surface area contributed by atoms with E-state index in [0.717, 1.165) is 12.0 Å². The fourth-order valence-electron chi connectivity index (χ4n) is 3.54. The molecule has 1 aliphatic heterocycles. The Kier molecular flexibility index (Phi) is 3.84. The maximum absolute atomic E-state index is 13.0. The summed E-state index contributed by atoms with van der Waals surface area (Å²) >= 11 is 0. The van der Waals surface area contributed by atoms with Crippen LogP contribution >= 0.6 is 0 Å². The number of likely N-dealkylation sites (tertiary alicyclic amines) is 1. The normalized spacial score (nSPS) is 20.1. The first-order chi connectivity index (χ1) is 12.1. The average molecular weight is 334 g/mol. The molecule has 5 heteroatoms. The van der Waals surface area contributed by atoms with Gasteiger partial charge in [-0.3, -0.25) is 9.78 Å². The van der Waals surface area contributed by atoms with Crippen LogP contribution in [0.4, 0.5) is 0 Å². The average Bonchev–Trinajstić information content (AvgIpc) is 3.03. The van der Waals surface area contributed by atoms with E-state index in [1.807, 2.05) is 24.3 Å². The minimum Gasteiger partial charge on any atom is -0.417 e. The number of carbonyl (C=O) groups is 1. The quantitative estimate of drug-likeness (QED) is 0.720. The van der Waals surface area contributed by atoms with Gasteiger partial charge in [-0.25, -0.2) is 4.79 Å². The van der Waals surface area contributed by atoms with Crippen LogP contribution in [0.25, 0.3) is 10.8 Å². The van der Waals surface area contributed by atoms with E-state index in [2.05, 4.69) is 11.9 Å². The molecule has 0 aliphatic carbocycles. The van der Waals surface area contributed by atoms with Crippen LogP contribution in [0.1, 0.15) is 35.5 Å². The van der Waals surface area contributed by atoms with E-state index in [4.69, 9.17) is 4.42 Å². The Morgan fingerprint density at radius 3 is 2.88 bits per heavy atom. The molecule has 0 radical (unpaired) electrons. The number of fused-ring (bicyclic) bond motifs is 1. The van der Waals surface area contributed by atoms with Gasteiger partial charge in [0.05, 0.1) is 11.4 Å². The maximum atomic E-state index is 13.0. The SMILES string of the molecule is C[C@H]1C[C@H](c2cccnc2)N(C(=O)c2cc3ccccc3c(=O)o2)C1. The number of aromatic nitrogens is 1. The van der Waals surface area contributed by atoms with E-state index in [9.17, 15) is 9.59 Å². The van der Waals surface area contributed by atoms with Crippen molar-refractivity contribution in [2.45, 2.75) is 19.4 Å². The third kappa shape index (κ3) is 2.82. The Labute approximate surface area is 144 Å². The lowest BCUT2D eigenvalue weighted by molar-refractivity contribution is 0.0695. The molecular weight excluding hydrogens is 316 g/mol. The fraction of sp³-hybridized carbons (Fsp3) is 0.250. The molecule has 126 valence electrons. The number of pyridine rings is 1. The molecular formula is C20H18N2O3.